The first-order valence-corrected chi connectivity index (χ1v) is 10.7. The number of para-hydroxylation sites is 1. The largest absolute Gasteiger partial charge is 0.493 e. The minimum atomic E-state index is 0.468. The van der Waals surface area contributed by atoms with E-state index in [2.05, 4.69) is 0 Å². The summed E-state index contributed by atoms with van der Waals surface area (Å²) in [6, 6.07) is 13.7. The van der Waals surface area contributed by atoms with Gasteiger partial charge in [0.1, 0.15) is 17.0 Å². The lowest BCUT2D eigenvalue weighted by Crippen LogP contribution is -2.21. The maximum absolute atomic E-state index is 12.1. The Labute approximate surface area is 181 Å². The van der Waals surface area contributed by atoms with E-state index in [0.717, 1.165) is 65.3 Å². The molecule has 31 heavy (non-hydrogen) atoms. The Kier molecular flexibility index (Phi) is 5.20. The normalized spacial score (nSPS) is 14.9. The van der Waals surface area contributed by atoms with Gasteiger partial charge in [-0.25, -0.2) is 4.98 Å². The summed E-state index contributed by atoms with van der Waals surface area (Å²) in [5, 5.41) is 1.82. The molecule has 1 fully saturated rings. The monoisotopic (exact) mass is 415 g/mol. The Morgan fingerprint density at radius 1 is 1.13 bits per heavy atom. The van der Waals surface area contributed by atoms with E-state index in [9.17, 15) is 4.79 Å². The Hall–Kier alpha value is -3.18. The molecule has 5 nitrogen and oxygen atoms in total. The van der Waals surface area contributed by atoms with E-state index >= 15 is 0 Å². The molecule has 4 aromatic rings. The summed E-state index contributed by atoms with van der Waals surface area (Å²) in [6.45, 7) is 6.20. The first-order valence-electron chi connectivity index (χ1n) is 10.7. The van der Waals surface area contributed by atoms with Gasteiger partial charge in [-0.15, -0.1) is 0 Å². The van der Waals surface area contributed by atoms with E-state index in [-0.39, 0.29) is 0 Å². The molecule has 1 saturated heterocycles. The third-order valence-electron chi connectivity index (χ3n) is 6.17. The molecule has 3 heterocycles. The fourth-order valence-electron chi connectivity index (χ4n) is 4.34. The minimum absolute atomic E-state index is 0.468. The number of ether oxygens (including phenoxy) is 2. The lowest BCUT2D eigenvalue weighted by atomic mass is 10.0. The number of hydrogen-bond donors (Lipinski definition) is 0. The Balaban J connectivity index is 1.60. The number of carbonyl (C=O) groups is 1. The van der Waals surface area contributed by atoms with Crippen LogP contribution in [0.25, 0.3) is 33.3 Å². The van der Waals surface area contributed by atoms with Crippen LogP contribution in [0.1, 0.15) is 34.3 Å². The molecule has 0 aliphatic carbocycles. The van der Waals surface area contributed by atoms with Crippen LogP contribution in [0.15, 0.2) is 46.9 Å². The van der Waals surface area contributed by atoms with Gasteiger partial charge in [0, 0.05) is 29.7 Å². The number of nitrogens with zero attached hydrogens (tertiary/aromatic N) is 1. The first kappa shape index (κ1) is 19.8. The van der Waals surface area contributed by atoms with Gasteiger partial charge < -0.3 is 13.9 Å². The van der Waals surface area contributed by atoms with Crippen LogP contribution in [-0.4, -0.2) is 31.1 Å². The highest BCUT2D eigenvalue weighted by atomic mass is 16.5. The minimum Gasteiger partial charge on any atom is -0.493 e. The molecule has 2 aromatic carbocycles. The standard InChI is InChI=1S/C26H25NO4/c1-16-7-8-23(30-15-18-9-11-29-12-10-18)24-19(14-28)13-21(27-25(16)24)26-17(2)20-5-3-4-6-22(20)31-26/h3-8,13-14,18H,9-12,15H2,1-2H3. The van der Waals surface area contributed by atoms with Crippen molar-refractivity contribution in [3.63, 3.8) is 0 Å². The molecule has 5 heteroatoms. The summed E-state index contributed by atoms with van der Waals surface area (Å²) in [4.78, 5) is 17.0. The summed E-state index contributed by atoms with van der Waals surface area (Å²) in [7, 11) is 0. The lowest BCUT2D eigenvalue weighted by molar-refractivity contribution is 0.0500. The van der Waals surface area contributed by atoms with Crippen molar-refractivity contribution in [2.45, 2.75) is 26.7 Å². The van der Waals surface area contributed by atoms with Crippen LogP contribution in [0.5, 0.6) is 5.75 Å². The van der Waals surface area contributed by atoms with Crippen LogP contribution in [0.3, 0.4) is 0 Å². The van der Waals surface area contributed by atoms with Crippen LogP contribution < -0.4 is 4.74 Å². The van der Waals surface area contributed by atoms with Crippen LogP contribution >= 0.6 is 0 Å². The van der Waals surface area contributed by atoms with Crippen molar-refractivity contribution >= 4 is 28.2 Å². The number of fused-ring (bicyclic) bond motifs is 2. The third kappa shape index (κ3) is 3.59. The molecule has 0 bridgehead atoms. The summed E-state index contributed by atoms with van der Waals surface area (Å²) >= 11 is 0. The molecule has 0 N–H and O–H groups in total. The lowest BCUT2D eigenvalue weighted by Gasteiger charge is -2.22. The van der Waals surface area contributed by atoms with Crippen molar-refractivity contribution in [3.8, 4) is 17.2 Å². The van der Waals surface area contributed by atoms with E-state index in [1.807, 2.05) is 50.2 Å². The number of carbonyl (C=O) groups excluding carboxylic acids is 1. The Bertz CT molecular complexity index is 1270. The number of hydrogen-bond acceptors (Lipinski definition) is 5. The average molecular weight is 415 g/mol. The molecule has 0 atom stereocenters. The molecule has 0 saturated carbocycles. The Morgan fingerprint density at radius 2 is 1.94 bits per heavy atom. The summed E-state index contributed by atoms with van der Waals surface area (Å²) < 4.78 is 17.7. The van der Waals surface area contributed by atoms with Gasteiger partial charge in [-0.3, -0.25) is 4.79 Å². The zero-order valence-electron chi connectivity index (χ0n) is 17.8. The third-order valence-corrected chi connectivity index (χ3v) is 6.17. The highest BCUT2D eigenvalue weighted by Gasteiger charge is 2.20. The van der Waals surface area contributed by atoms with E-state index in [0.29, 0.717) is 35.3 Å². The number of aromatic nitrogens is 1. The summed E-state index contributed by atoms with van der Waals surface area (Å²) in [5.41, 5.74) is 4.81. The molecule has 1 aliphatic rings. The molecule has 158 valence electrons. The second kappa shape index (κ2) is 8.16. The second-order valence-electron chi connectivity index (χ2n) is 8.24. The van der Waals surface area contributed by atoms with Gasteiger partial charge >= 0.3 is 0 Å². The number of aldehydes is 1. The number of pyridine rings is 1. The predicted molar refractivity (Wildman–Crippen MR) is 121 cm³/mol. The Morgan fingerprint density at radius 3 is 2.71 bits per heavy atom. The van der Waals surface area contributed by atoms with Gasteiger partial charge in [-0.05, 0) is 56.4 Å². The number of aryl methyl sites for hydroxylation is 2. The van der Waals surface area contributed by atoms with Gasteiger partial charge in [0.15, 0.2) is 12.0 Å². The fourth-order valence-corrected chi connectivity index (χ4v) is 4.34. The quantitative estimate of drug-likeness (QED) is 0.381. The topological polar surface area (TPSA) is 61.6 Å². The van der Waals surface area contributed by atoms with Crippen LogP contribution in [-0.2, 0) is 4.74 Å². The predicted octanol–water partition coefficient (Wildman–Crippen LogP) is 5.88. The fraction of sp³-hybridized carbons (Fsp3) is 0.308. The highest BCUT2D eigenvalue weighted by molar-refractivity contribution is 6.03. The molecule has 1 aliphatic heterocycles. The average Bonchev–Trinajstić information content (AvgIpc) is 3.15. The number of furan rings is 1. The van der Waals surface area contributed by atoms with E-state index in [1.54, 1.807) is 6.07 Å². The molecule has 0 amide bonds. The SMILES string of the molecule is Cc1c(-c2cc(C=O)c3c(OCC4CCOCC4)ccc(C)c3n2)oc2ccccc12. The maximum atomic E-state index is 12.1. The number of rotatable bonds is 5. The molecule has 0 unspecified atom stereocenters. The number of benzene rings is 2. The molecule has 2 aromatic heterocycles. The van der Waals surface area contributed by atoms with Gasteiger partial charge in [-0.2, -0.15) is 0 Å². The van der Waals surface area contributed by atoms with Crippen LogP contribution in [0.2, 0.25) is 0 Å². The first-order chi connectivity index (χ1) is 15.2. The smallest absolute Gasteiger partial charge is 0.156 e. The maximum Gasteiger partial charge on any atom is 0.156 e. The van der Waals surface area contributed by atoms with Gasteiger partial charge in [-0.1, -0.05) is 24.3 Å². The van der Waals surface area contributed by atoms with Gasteiger partial charge in [0.05, 0.1) is 17.5 Å². The molecule has 0 radical (unpaired) electrons. The van der Waals surface area contributed by atoms with Crippen molar-refractivity contribution in [1.29, 1.82) is 0 Å². The van der Waals surface area contributed by atoms with Gasteiger partial charge in [0.2, 0.25) is 0 Å². The highest BCUT2D eigenvalue weighted by Crippen LogP contribution is 2.37. The zero-order chi connectivity index (χ0) is 21.4. The van der Waals surface area contributed by atoms with Gasteiger partial charge in [0.25, 0.3) is 0 Å². The second-order valence-corrected chi connectivity index (χ2v) is 8.24. The van der Waals surface area contributed by atoms with Crippen LogP contribution in [0.4, 0.5) is 0 Å². The molecule has 5 rings (SSSR count). The molecular weight excluding hydrogens is 390 g/mol. The zero-order valence-corrected chi connectivity index (χ0v) is 17.8. The van der Waals surface area contributed by atoms with Crippen molar-refractivity contribution in [2.24, 2.45) is 5.92 Å². The summed E-state index contributed by atoms with van der Waals surface area (Å²) in [5.74, 6) is 1.86. The van der Waals surface area contributed by atoms with Crippen molar-refractivity contribution < 1.29 is 18.7 Å². The van der Waals surface area contributed by atoms with Crippen molar-refractivity contribution in [2.75, 3.05) is 19.8 Å². The van der Waals surface area contributed by atoms with Crippen molar-refractivity contribution in [3.05, 3.63) is 59.2 Å². The van der Waals surface area contributed by atoms with E-state index in [1.165, 1.54) is 0 Å². The van der Waals surface area contributed by atoms with E-state index in [4.69, 9.17) is 18.9 Å². The molecular formula is C26H25NO4. The molecule has 0 spiro atoms. The summed E-state index contributed by atoms with van der Waals surface area (Å²) in [6.07, 6.45) is 2.88. The van der Waals surface area contributed by atoms with Crippen molar-refractivity contribution in [1.82, 2.24) is 4.98 Å². The van der Waals surface area contributed by atoms with E-state index < -0.39 is 0 Å². The van der Waals surface area contributed by atoms with Crippen LogP contribution in [0, 0.1) is 19.8 Å².